The Morgan fingerprint density at radius 3 is 2.96 bits per heavy atom. The van der Waals surface area contributed by atoms with Gasteiger partial charge in [-0.15, -0.1) is 11.3 Å². The van der Waals surface area contributed by atoms with Gasteiger partial charge >= 0.3 is 0 Å². The van der Waals surface area contributed by atoms with Gasteiger partial charge in [0, 0.05) is 41.1 Å². The summed E-state index contributed by atoms with van der Waals surface area (Å²) in [5.74, 6) is 0.142. The van der Waals surface area contributed by atoms with Crippen LogP contribution in [0.25, 0.3) is 16.1 Å². The van der Waals surface area contributed by atoms with Crippen molar-refractivity contribution in [2.45, 2.75) is 25.8 Å². The molecule has 1 aromatic carbocycles. The van der Waals surface area contributed by atoms with Crippen molar-refractivity contribution in [2.24, 2.45) is 0 Å². The molecule has 1 N–H and O–H groups in total. The maximum atomic E-state index is 13.1. The number of hydrogen-bond donors (Lipinski definition) is 1. The van der Waals surface area contributed by atoms with E-state index in [-0.39, 0.29) is 5.91 Å². The van der Waals surface area contributed by atoms with Crippen molar-refractivity contribution in [2.75, 3.05) is 19.6 Å². The van der Waals surface area contributed by atoms with Crippen LogP contribution in [0.15, 0.2) is 54.2 Å². The maximum absolute atomic E-state index is 13.1. The van der Waals surface area contributed by atoms with E-state index in [4.69, 9.17) is 0 Å². The number of amides is 1. The monoisotopic (exact) mass is 380 g/mol. The van der Waals surface area contributed by atoms with Gasteiger partial charge in [0.1, 0.15) is 0 Å². The Morgan fingerprint density at radius 2 is 2.22 bits per heavy atom. The molecular formula is C21H24N4OS. The predicted molar refractivity (Wildman–Crippen MR) is 109 cm³/mol. The Morgan fingerprint density at radius 1 is 1.37 bits per heavy atom. The van der Waals surface area contributed by atoms with Gasteiger partial charge in [-0.25, -0.2) is 4.68 Å². The molecule has 0 radical (unpaired) electrons. The number of hydrogen-bond acceptors (Lipinski definition) is 4. The predicted octanol–water partition coefficient (Wildman–Crippen LogP) is 3.81. The first-order valence-electron chi connectivity index (χ1n) is 9.47. The third kappa shape index (κ3) is 3.82. The zero-order valence-corrected chi connectivity index (χ0v) is 16.3. The van der Waals surface area contributed by atoms with Crippen LogP contribution in [-0.2, 0) is 0 Å². The molecule has 1 unspecified atom stereocenters. The quantitative estimate of drug-likeness (QED) is 0.707. The second-order valence-corrected chi connectivity index (χ2v) is 7.77. The molecule has 0 saturated carbocycles. The second kappa shape index (κ2) is 8.06. The van der Waals surface area contributed by atoms with Crippen LogP contribution in [0.5, 0.6) is 0 Å². The number of carbonyl (C=O) groups is 1. The van der Waals surface area contributed by atoms with Crippen LogP contribution in [0.3, 0.4) is 0 Å². The van der Waals surface area contributed by atoms with E-state index in [0.29, 0.717) is 6.04 Å². The first-order chi connectivity index (χ1) is 13.3. The summed E-state index contributed by atoms with van der Waals surface area (Å²) in [6.45, 7) is 4.82. The van der Waals surface area contributed by atoms with Crippen molar-refractivity contribution in [1.82, 2.24) is 20.0 Å². The summed E-state index contributed by atoms with van der Waals surface area (Å²) >= 11 is 1.60. The van der Waals surface area contributed by atoms with Crippen LogP contribution in [0.4, 0.5) is 0 Å². The van der Waals surface area contributed by atoms with Crippen molar-refractivity contribution >= 4 is 17.2 Å². The lowest BCUT2D eigenvalue weighted by atomic mass is 10.1. The average molecular weight is 381 g/mol. The van der Waals surface area contributed by atoms with Crippen LogP contribution in [-0.4, -0.2) is 46.3 Å². The molecule has 1 atom stereocenters. The van der Waals surface area contributed by atoms with Gasteiger partial charge in [0.2, 0.25) is 0 Å². The number of carbonyl (C=O) groups excluding carboxylic acids is 1. The molecule has 2 aromatic heterocycles. The molecular weight excluding hydrogens is 356 g/mol. The number of nitrogens with one attached hydrogen (secondary N) is 1. The molecule has 0 aliphatic carbocycles. The van der Waals surface area contributed by atoms with Gasteiger partial charge in [-0.05, 0) is 37.6 Å². The molecule has 4 rings (SSSR count). The molecule has 3 aromatic rings. The zero-order chi connectivity index (χ0) is 18.6. The minimum Gasteiger partial charge on any atom is -0.334 e. The molecule has 1 saturated heterocycles. The molecule has 1 aliphatic rings. The van der Waals surface area contributed by atoms with E-state index in [1.54, 1.807) is 11.3 Å². The lowest BCUT2D eigenvalue weighted by Gasteiger charge is -2.27. The third-order valence-corrected chi connectivity index (χ3v) is 5.91. The molecule has 0 bridgehead atoms. The van der Waals surface area contributed by atoms with E-state index in [9.17, 15) is 4.79 Å². The summed E-state index contributed by atoms with van der Waals surface area (Å²) in [4.78, 5) is 16.2. The summed E-state index contributed by atoms with van der Waals surface area (Å²) in [5, 5.41) is 9.80. The smallest absolute Gasteiger partial charge is 0.255 e. The molecule has 6 heteroatoms. The highest BCUT2D eigenvalue weighted by Gasteiger charge is 2.27. The van der Waals surface area contributed by atoms with E-state index in [1.807, 2.05) is 63.8 Å². The zero-order valence-electron chi connectivity index (χ0n) is 15.5. The van der Waals surface area contributed by atoms with Crippen LogP contribution in [0.2, 0.25) is 0 Å². The van der Waals surface area contributed by atoms with E-state index in [1.165, 1.54) is 0 Å². The molecule has 5 nitrogen and oxygen atoms in total. The van der Waals surface area contributed by atoms with Gasteiger partial charge in [0.25, 0.3) is 5.91 Å². The minimum atomic E-state index is 0.142. The Bertz CT molecular complexity index is 896. The Kier molecular flexibility index (Phi) is 5.36. The summed E-state index contributed by atoms with van der Waals surface area (Å²) < 4.78 is 1.87. The number of para-hydroxylation sites is 1. The van der Waals surface area contributed by atoms with Crippen molar-refractivity contribution in [3.63, 3.8) is 0 Å². The van der Waals surface area contributed by atoms with E-state index >= 15 is 0 Å². The van der Waals surface area contributed by atoms with E-state index < -0.39 is 0 Å². The first-order valence-corrected chi connectivity index (χ1v) is 10.3. The van der Waals surface area contributed by atoms with Crippen molar-refractivity contribution in [1.29, 1.82) is 0 Å². The second-order valence-electron chi connectivity index (χ2n) is 6.85. The Labute approximate surface area is 163 Å². The molecule has 3 heterocycles. The summed E-state index contributed by atoms with van der Waals surface area (Å²) in [6, 6.07) is 12.4. The molecule has 1 fully saturated rings. The first kappa shape index (κ1) is 17.9. The Balaban J connectivity index is 1.54. The van der Waals surface area contributed by atoms with Crippen LogP contribution in [0, 0.1) is 0 Å². The van der Waals surface area contributed by atoms with Crippen LogP contribution < -0.4 is 5.32 Å². The standard InChI is InChI=1S/C21H24N4OS/c1-2-10-24(19-8-9-22-13-19)21(26)16-11-20(27-15-16)17-12-23-25(14-17)18-6-4-3-5-7-18/h3-7,11-12,14-15,19,22H,2,8-10,13H2,1H3. The van der Waals surface area contributed by atoms with E-state index in [0.717, 1.165) is 54.2 Å². The normalized spacial score (nSPS) is 16.6. The number of nitrogens with zero attached hydrogens (tertiary/aromatic N) is 3. The SMILES string of the molecule is CCCN(C(=O)c1csc(-c2cnn(-c3ccccc3)c2)c1)C1CCNC1. The average Bonchev–Trinajstić information content (AvgIpc) is 3.47. The third-order valence-electron chi connectivity index (χ3n) is 4.93. The van der Waals surface area contributed by atoms with Crippen molar-refractivity contribution < 1.29 is 4.79 Å². The highest BCUT2D eigenvalue weighted by atomic mass is 32.1. The van der Waals surface area contributed by atoms with Gasteiger partial charge < -0.3 is 10.2 Å². The maximum Gasteiger partial charge on any atom is 0.255 e. The molecule has 1 amide bonds. The van der Waals surface area contributed by atoms with Gasteiger partial charge in [0.05, 0.1) is 17.4 Å². The highest BCUT2D eigenvalue weighted by Crippen LogP contribution is 2.29. The summed E-state index contributed by atoms with van der Waals surface area (Å²) in [5.41, 5.74) is 2.84. The fourth-order valence-electron chi connectivity index (χ4n) is 3.53. The lowest BCUT2D eigenvalue weighted by Crippen LogP contribution is -2.41. The van der Waals surface area contributed by atoms with Gasteiger partial charge in [-0.3, -0.25) is 4.79 Å². The fourth-order valence-corrected chi connectivity index (χ4v) is 4.39. The van der Waals surface area contributed by atoms with Gasteiger partial charge in [-0.2, -0.15) is 5.10 Å². The van der Waals surface area contributed by atoms with Crippen molar-refractivity contribution in [3.05, 3.63) is 59.7 Å². The summed E-state index contributed by atoms with van der Waals surface area (Å²) in [7, 11) is 0. The number of benzene rings is 1. The fraction of sp³-hybridized carbons (Fsp3) is 0.333. The highest BCUT2D eigenvalue weighted by molar-refractivity contribution is 7.13. The lowest BCUT2D eigenvalue weighted by molar-refractivity contribution is 0.0693. The van der Waals surface area contributed by atoms with Gasteiger partial charge in [0.15, 0.2) is 0 Å². The molecule has 1 aliphatic heterocycles. The minimum absolute atomic E-state index is 0.142. The topological polar surface area (TPSA) is 50.2 Å². The van der Waals surface area contributed by atoms with Crippen molar-refractivity contribution in [3.8, 4) is 16.1 Å². The van der Waals surface area contributed by atoms with Crippen LogP contribution >= 0.6 is 11.3 Å². The number of rotatable bonds is 6. The molecule has 140 valence electrons. The van der Waals surface area contributed by atoms with Crippen LogP contribution in [0.1, 0.15) is 30.1 Å². The number of aromatic nitrogens is 2. The molecule has 27 heavy (non-hydrogen) atoms. The largest absolute Gasteiger partial charge is 0.334 e. The Hall–Kier alpha value is -2.44. The van der Waals surface area contributed by atoms with Gasteiger partial charge in [-0.1, -0.05) is 25.1 Å². The molecule has 0 spiro atoms. The van der Waals surface area contributed by atoms with E-state index in [2.05, 4.69) is 17.3 Å². The summed E-state index contributed by atoms with van der Waals surface area (Å²) in [6.07, 6.45) is 5.88. The number of thiophene rings is 1.